The molecule has 94 valence electrons. The summed E-state index contributed by atoms with van der Waals surface area (Å²) in [6, 6.07) is 6.65. The zero-order valence-corrected chi connectivity index (χ0v) is 10.3. The number of rotatable bonds is 4. The van der Waals surface area contributed by atoms with E-state index in [4.69, 9.17) is 21.1 Å². The molecule has 6 nitrogen and oxygen atoms in total. The van der Waals surface area contributed by atoms with E-state index in [0.29, 0.717) is 10.8 Å². The fourth-order valence-electron chi connectivity index (χ4n) is 1.24. The first-order valence-electron chi connectivity index (χ1n) is 5.22. The van der Waals surface area contributed by atoms with Gasteiger partial charge in [-0.2, -0.15) is 0 Å². The van der Waals surface area contributed by atoms with Crippen molar-refractivity contribution < 1.29 is 14.3 Å². The molecule has 1 N–H and O–H groups in total. The molecular weight excluding hydrogens is 258 g/mol. The number of hydrogen-bond acceptors (Lipinski definition) is 5. The number of esters is 1. The number of aromatic amines is 1. The fourth-order valence-corrected chi connectivity index (χ4v) is 1.37. The van der Waals surface area contributed by atoms with Crippen LogP contribution in [-0.4, -0.2) is 28.0 Å². The quantitative estimate of drug-likeness (QED) is 0.861. The minimum Gasteiger partial charge on any atom is -0.461 e. The van der Waals surface area contributed by atoms with Crippen LogP contribution >= 0.6 is 11.6 Å². The number of carbonyl (C=O) groups is 1. The van der Waals surface area contributed by atoms with E-state index in [0.717, 1.165) is 0 Å². The largest absolute Gasteiger partial charge is 0.461 e. The zero-order valence-electron chi connectivity index (χ0n) is 9.51. The minimum atomic E-state index is -0.563. The molecule has 2 aromatic rings. The number of benzene rings is 1. The van der Waals surface area contributed by atoms with Gasteiger partial charge < -0.3 is 9.47 Å². The smallest absolute Gasteiger partial charge is 0.362 e. The Bertz CT molecular complexity index is 539. The molecule has 0 aliphatic heterocycles. The Morgan fingerprint density at radius 1 is 1.39 bits per heavy atom. The van der Waals surface area contributed by atoms with Crippen LogP contribution < -0.4 is 4.74 Å². The standard InChI is InChI=1S/C11H10ClN3O3/c1-2-17-11(16)9-10(14-15-13-9)18-8-5-3-7(12)4-6-8/h3-6H,2H2,1H3,(H,13,14,15). The monoisotopic (exact) mass is 267 g/mol. The van der Waals surface area contributed by atoms with E-state index in [9.17, 15) is 4.79 Å². The lowest BCUT2D eigenvalue weighted by molar-refractivity contribution is 0.0516. The lowest BCUT2D eigenvalue weighted by Gasteiger charge is -2.04. The minimum absolute atomic E-state index is 0.0655. The van der Waals surface area contributed by atoms with Crippen molar-refractivity contribution in [1.82, 2.24) is 15.4 Å². The molecule has 0 atom stereocenters. The normalized spacial score (nSPS) is 10.1. The molecule has 1 aromatic heterocycles. The molecule has 1 heterocycles. The van der Waals surface area contributed by atoms with Gasteiger partial charge in [0.1, 0.15) is 5.75 Å². The van der Waals surface area contributed by atoms with Gasteiger partial charge in [-0.15, -0.1) is 0 Å². The maximum absolute atomic E-state index is 11.5. The van der Waals surface area contributed by atoms with Gasteiger partial charge in [-0.3, -0.25) is 0 Å². The Kier molecular flexibility index (Phi) is 3.78. The number of aromatic nitrogens is 3. The molecule has 0 unspecified atom stereocenters. The number of ether oxygens (including phenoxy) is 2. The summed E-state index contributed by atoms with van der Waals surface area (Å²) in [5, 5.41) is 10.2. The van der Waals surface area contributed by atoms with E-state index < -0.39 is 5.97 Å². The Labute approximate surface area is 108 Å². The highest BCUT2D eigenvalue weighted by molar-refractivity contribution is 6.30. The summed E-state index contributed by atoms with van der Waals surface area (Å²) >= 11 is 5.75. The van der Waals surface area contributed by atoms with Crippen molar-refractivity contribution in [3.63, 3.8) is 0 Å². The molecule has 0 fully saturated rings. The molecule has 0 spiro atoms. The maximum atomic E-state index is 11.5. The van der Waals surface area contributed by atoms with Gasteiger partial charge in [0.05, 0.1) is 6.61 Å². The fraction of sp³-hybridized carbons (Fsp3) is 0.182. The van der Waals surface area contributed by atoms with Crippen LogP contribution in [0.1, 0.15) is 17.4 Å². The van der Waals surface area contributed by atoms with Crippen LogP contribution in [0.3, 0.4) is 0 Å². The van der Waals surface area contributed by atoms with Crippen LogP contribution in [0.2, 0.25) is 5.02 Å². The van der Waals surface area contributed by atoms with Gasteiger partial charge in [-0.1, -0.05) is 21.9 Å². The van der Waals surface area contributed by atoms with Gasteiger partial charge in [-0.05, 0) is 31.2 Å². The lowest BCUT2D eigenvalue weighted by atomic mass is 10.3. The number of halogens is 1. The summed E-state index contributed by atoms with van der Waals surface area (Å²) in [6.07, 6.45) is 0. The molecule has 2 rings (SSSR count). The van der Waals surface area contributed by atoms with Gasteiger partial charge in [0.2, 0.25) is 5.69 Å². The molecule has 18 heavy (non-hydrogen) atoms. The molecular formula is C11H10ClN3O3. The topological polar surface area (TPSA) is 77.1 Å². The molecule has 0 aliphatic rings. The highest BCUT2D eigenvalue weighted by Gasteiger charge is 2.18. The van der Waals surface area contributed by atoms with Gasteiger partial charge >= 0.3 is 5.97 Å². The van der Waals surface area contributed by atoms with Gasteiger partial charge in [0.25, 0.3) is 5.88 Å². The third-order valence-electron chi connectivity index (χ3n) is 2.02. The average molecular weight is 268 g/mol. The van der Waals surface area contributed by atoms with Gasteiger partial charge in [0, 0.05) is 5.02 Å². The summed E-state index contributed by atoms with van der Waals surface area (Å²) < 4.78 is 10.2. The molecule has 0 radical (unpaired) electrons. The number of H-pyrrole nitrogens is 1. The van der Waals surface area contributed by atoms with E-state index in [1.165, 1.54) is 0 Å². The Morgan fingerprint density at radius 2 is 2.11 bits per heavy atom. The second kappa shape index (κ2) is 5.50. The van der Waals surface area contributed by atoms with Crippen molar-refractivity contribution in [2.45, 2.75) is 6.92 Å². The summed E-state index contributed by atoms with van der Waals surface area (Å²) in [5.41, 5.74) is 0.0757. The molecule has 7 heteroatoms. The van der Waals surface area contributed by atoms with E-state index in [-0.39, 0.29) is 18.2 Å². The Hall–Kier alpha value is -2.08. The first kappa shape index (κ1) is 12.4. The second-order valence-electron chi connectivity index (χ2n) is 3.27. The molecule has 0 aliphatic carbocycles. The highest BCUT2D eigenvalue weighted by atomic mass is 35.5. The van der Waals surface area contributed by atoms with Crippen LogP contribution in [0.5, 0.6) is 11.6 Å². The molecule has 0 bridgehead atoms. The Balaban J connectivity index is 2.17. The van der Waals surface area contributed by atoms with Crippen molar-refractivity contribution in [3.8, 4) is 11.6 Å². The molecule has 1 aromatic carbocycles. The average Bonchev–Trinajstić information content (AvgIpc) is 2.81. The second-order valence-corrected chi connectivity index (χ2v) is 3.70. The molecule has 0 amide bonds. The van der Waals surface area contributed by atoms with Crippen molar-refractivity contribution in [3.05, 3.63) is 35.0 Å². The van der Waals surface area contributed by atoms with Crippen LogP contribution in [0, 0.1) is 0 Å². The highest BCUT2D eigenvalue weighted by Crippen LogP contribution is 2.23. The van der Waals surface area contributed by atoms with E-state index in [1.54, 1.807) is 31.2 Å². The summed E-state index contributed by atoms with van der Waals surface area (Å²) in [5.74, 6) is 0.00100. The summed E-state index contributed by atoms with van der Waals surface area (Å²) in [4.78, 5) is 11.5. The van der Waals surface area contributed by atoms with Crippen LogP contribution in [0.15, 0.2) is 24.3 Å². The Morgan fingerprint density at radius 3 is 2.78 bits per heavy atom. The van der Waals surface area contributed by atoms with Gasteiger partial charge in [-0.25, -0.2) is 9.89 Å². The van der Waals surface area contributed by atoms with Crippen LogP contribution in [-0.2, 0) is 4.74 Å². The van der Waals surface area contributed by atoms with E-state index >= 15 is 0 Å². The molecule has 0 saturated heterocycles. The van der Waals surface area contributed by atoms with Crippen molar-refractivity contribution in [2.75, 3.05) is 6.61 Å². The third kappa shape index (κ3) is 2.78. The first-order chi connectivity index (χ1) is 8.70. The SMILES string of the molecule is CCOC(=O)c1[nH]nnc1Oc1ccc(Cl)cc1. The third-order valence-corrected chi connectivity index (χ3v) is 2.28. The van der Waals surface area contributed by atoms with Crippen LogP contribution in [0.4, 0.5) is 0 Å². The van der Waals surface area contributed by atoms with E-state index in [2.05, 4.69) is 15.4 Å². The predicted molar refractivity (Wildman–Crippen MR) is 63.9 cm³/mol. The van der Waals surface area contributed by atoms with E-state index in [1.807, 2.05) is 0 Å². The lowest BCUT2D eigenvalue weighted by Crippen LogP contribution is -2.06. The zero-order chi connectivity index (χ0) is 13.0. The van der Waals surface area contributed by atoms with Crippen LogP contribution in [0.25, 0.3) is 0 Å². The first-order valence-corrected chi connectivity index (χ1v) is 5.60. The number of nitrogens with zero attached hydrogens (tertiary/aromatic N) is 2. The predicted octanol–water partition coefficient (Wildman–Crippen LogP) is 2.43. The van der Waals surface area contributed by atoms with Crippen molar-refractivity contribution in [1.29, 1.82) is 0 Å². The van der Waals surface area contributed by atoms with Crippen molar-refractivity contribution >= 4 is 17.6 Å². The summed E-state index contributed by atoms with van der Waals surface area (Å²) in [7, 11) is 0. The summed E-state index contributed by atoms with van der Waals surface area (Å²) in [6.45, 7) is 1.97. The van der Waals surface area contributed by atoms with Crippen molar-refractivity contribution in [2.24, 2.45) is 0 Å². The molecule has 0 saturated carbocycles. The number of hydrogen-bond donors (Lipinski definition) is 1. The number of carbonyl (C=O) groups excluding carboxylic acids is 1. The number of nitrogens with one attached hydrogen (secondary N) is 1. The maximum Gasteiger partial charge on any atom is 0.362 e. The van der Waals surface area contributed by atoms with Gasteiger partial charge in [0.15, 0.2) is 0 Å².